The smallest absolute Gasteiger partial charge is 0.344 e. The highest BCUT2D eigenvalue weighted by molar-refractivity contribution is 8.00. The second-order valence-corrected chi connectivity index (χ2v) is 14.2. The molecular formula is C37H36ClN3O4S. The van der Waals surface area contributed by atoms with E-state index in [2.05, 4.69) is 77.9 Å². The van der Waals surface area contributed by atoms with Crippen LogP contribution in [0, 0.1) is 5.41 Å². The second-order valence-electron chi connectivity index (χ2n) is 12.3. The minimum absolute atomic E-state index is 0.351. The average molecular weight is 654 g/mol. The van der Waals surface area contributed by atoms with Crippen LogP contribution < -0.4 is 4.74 Å². The number of ether oxygens (including phenoxy) is 1. The van der Waals surface area contributed by atoms with E-state index in [1.807, 2.05) is 54.4 Å². The van der Waals surface area contributed by atoms with E-state index in [1.54, 1.807) is 6.21 Å². The Kier molecular flexibility index (Phi) is 9.38. The molecule has 0 spiro atoms. The highest BCUT2D eigenvalue weighted by Gasteiger charge is 2.31. The standard InChI is InChI=1S/C37H36ClN3O4S/c1-24-17-30-33(44-21-29-14-11-27(19-39-29)26-7-5-4-6-8-26)16-15-31-35(30)36(46-24)32(18-37(2,3)23-40-45-22-34(42)43)41(31)20-25-9-12-28(38)13-10-25/h4-16,19,23-24H,17-18,20-22H2,1-3H3,(H,42,43)/b40-23+. The van der Waals surface area contributed by atoms with Crippen molar-refractivity contribution in [1.82, 2.24) is 9.55 Å². The van der Waals surface area contributed by atoms with E-state index in [9.17, 15) is 4.79 Å². The van der Waals surface area contributed by atoms with Crippen LogP contribution in [-0.2, 0) is 35.6 Å². The summed E-state index contributed by atoms with van der Waals surface area (Å²) in [6.07, 6.45) is 5.18. The molecule has 2 aromatic heterocycles. The van der Waals surface area contributed by atoms with Gasteiger partial charge in [-0.15, -0.1) is 11.8 Å². The molecule has 1 atom stereocenters. The number of pyridine rings is 1. The Morgan fingerprint density at radius 3 is 2.59 bits per heavy atom. The molecule has 46 heavy (non-hydrogen) atoms. The van der Waals surface area contributed by atoms with Gasteiger partial charge in [-0.1, -0.05) is 86.1 Å². The number of oxime groups is 1. The first-order valence-electron chi connectivity index (χ1n) is 15.3. The summed E-state index contributed by atoms with van der Waals surface area (Å²) in [7, 11) is 0. The van der Waals surface area contributed by atoms with E-state index in [-0.39, 0.29) is 0 Å². The summed E-state index contributed by atoms with van der Waals surface area (Å²) in [6.45, 7) is 7.01. The van der Waals surface area contributed by atoms with Gasteiger partial charge in [-0.3, -0.25) is 4.98 Å². The third-order valence-electron chi connectivity index (χ3n) is 8.01. The molecule has 0 saturated heterocycles. The SMILES string of the molecule is CC1Cc2c(OCc3ccc(-c4ccccc4)cn3)ccc3c2c(c(CC(C)(C)/C=N/OCC(=O)O)n3Cc2ccc(Cl)cc2)S1. The second kappa shape index (κ2) is 13.6. The molecule has 9 heteroatoms. The van der Waals surface area contributed by atoms with E-state index in [1.165, 1.54) is 21.5 Å². The van der Waals surface area contributed by atoms with Crippen LogP contribution in [0.15, 0.2) is 95.1 Å². The zero-order valence-electron chi connectivity index (χ0n) is 26.1. The lowest BCUT2D eigenvalue weighted by molar-refractivity contribution is -0.142. The molecule has 0 fully saturated rings. The van der Waals surface area contributed by atoms with E-state index in [0.717, 1.165) is 40.1 Å². The molecule has 0 bridgehead atoms. The molecule has 1 N–H and O–H groups in total. The number of thioether (sulfide) groups is 1. The third kappa shape index (κ3) is 7.24. The van der Waals surface area contributed by atoms with Gasteiger partial charge in [0.25, 0.3) is 0 Å². The van der Waals surface area contributed by atoms with Gasteiger partial charge in [0.2, 0.25) is 6.61 Å². The van der Waals surface area contributed by atoms with E-state index >= 15 is 0 Å². The monoisotopic (exact) mass is 653 g/mol. The number of carbonyl (C=O) groups is 1. The first-order chi connectivity index (χ1) is 22.2. The molecule has 0 radical (unpaired) electrons. The Hall–Kier alpha value is -4.27. The van der Waals surface area contributed by atoms with Crippen LogP contribution >= 0.6 is 23.4 Å². The van der Waals surface area contributed by atoms with Crippen molar-refractivity contribution in [3.8, 4) is 16.9 Å². The maximum absolute atomic E-state index is 10.9. The van der Waals surface area contributed by atoms with Crippen LogP contribution in [0.5, 0.6) is 5.75 Å². The van der Waals surface area contributed by atoms with Crippen molar-refractivity contribution in [2.75, 3.05) is 6.61 Å². The highest BCUT2D eigenvalue weighted by atomic mass is 35.5. The summed E-state index contributed by atoms with van der Waals surface area (Å²) in [5.41, 5.74) is 7.40. The third-order valence-corrected chi connectivity index (χ3v) is 9.51. The van der Waals surface area contributed by atoms with Gasteiger partial charge in [0.05, 0.1) is 11.2 Å². The van der Waals surface area contributed by atoms with Gasteiger partial charge in [0.1, 0.15) is 12.4 Å². The summed E-state index contributed by atoms with van der Waals surface area (Å²) in [4.78, 5) is 21.8. The molecule has 3 heterocycles. The Morgan fingerprint density at radius 2 is 1.87 bits per heavy atom. The molecule has 6 rings (SSSR count). The number of halogens is 1. The van der Waals surface area contributed by atoms with Crippen molar-refractivity contribution in [2.24, 2.45) is 10.6 Å². The summed E-state index contributed by atoms with van der Waals surface area (Å²) in [5.74, 6) is -0.175. The van der Waals surface area contributed by atoms with Gasteiger partial charge in [-0.25, -0.2) is 4.79 Å². The molecule has 1 aliphatic heterocycles. The average Bonchev–Trinajstić information content (AvgIpc) is 3.32. The number of aliphatic carboxylic acids is 1. The maximum Gasteiger partial charge on any atom is 0.344 e. The topological polar surface area (TPSA) is 85.9 Å². The zero-order valence-corrected chi connectivity index (χ0v) is 27.6. The van der Waals surface area contributed by atoms with Crippen LogP contribution in [0.3, 0.4) is 0 Å². The van der Waals surface area contributed by atoms with Gasteiger partial charge < -0.3 is 19.2 Å². The van der Waals surface area contributed by atoms with Gasteiger partial charge in [0, 0.05) is 61.7 Å². The normalized spacial score (nSPS) is 14.6. The molecule has 236 valence electrons. The van der Waals surface area contributed by atoms with Crippen LogP contribution in [0.25, 0.3) is 22.0 Å². The Morgan fingerprint density at radius 1 is 1.09 bits per heavy atom. The minimum Gasteiger partial charge on any atom is -0.487 e. The lowest BCUT2D eigenvalue weighted by Crippen LogP contribution is -2.21. The van der Waals surface area contributed by atoms with Crippen molar-refractivity contribution in [3.63, 3.8) is 0 Å². The number of hydrogen-bond acceptors (Lipinski definition) is 6. The van der Waals surface area contributed by atoms with E-state index < -0.39 is 18.0 Å². The highest BCUT2D eigenvalue weighted by Crippen LogP contribution is 2.48. The quantitative estimate of drug-likeness (QED) is 0.107. The van der Waals surface area contributed by atoms with E-state index in [0.29, 0.717) is 29.8 Å². The van der Waals surface area contributed by atoms with Crippen molar-refractivity contribution in [1.29, 1.82) is 0 Å². The van der Waals surface area contributed by atoms with Crippen LogP contribution in [-0.4, -0.2) is 38.7 Å². The largest absolute Gasteiger partial charge is 0.487 e. The van der Waals surface area contributed by atoms with Crippen LogP contribution in [0.4, 0.5) is 0 Å². The molecule has 7 nitrogen and oxygen atoms in total. The first kappa shape index (κ1) is 31.7. The summed E-state index contributed by atoms with van der Waals surface area (Å²) < 4.78 is 8.88. The van der Waals surface area contributed by atoms with Crippen LogP contribution in [0.2, 0.25) is 5.02 Å². The predicted octanol–water partition coefficient (Wildman–Crippen LogP) is 8.68. The maximum atomic E-state index is 10.9. The van der Waals surface area contributed by atoms with Crippen molar-refractivity contribution >= 4 is 46.4 Å². The van der Waals surface area contributed by atoms with Crippen molar-refractivity contribution < 1.29 is 19.5 Å². The zero-order chi connectivity index (χ0) is 32.3. The fourth-order valence-electron chi connectivity index (χ4n) is 5.84. The number of benzene rings is 3. The van der Waals surface area contributed by atoms with Crippen molar-refractivity contribution in [2.45, 2.75) is 56.9 Å². The molecular weight excluding hydrogens is 618 g/mol. The Labute approximate surface area is 278 Å². The lowest BCUT2D eigenvalue weighted by Gasteiger charge is -2.24. The van der Waals surface area contributed by atoms with Gasteiger partial charge in [0.15, 0.2) is 0 Å². The fraction of sp³-hybridized carbons (Fsp3) is 0.270. The number of aromatic nitrogens is 2. The first-order valence-corrected chi connectivity index (χ1v) is 16.5. The Balaban J connectivity index is 1.35. The fourth-order valence-corrected chi connectivity index (χ4v) is 7.29. The molecule has 0 amide bonds. The lowest BCUT2D eigenvalue weighted by atomic mass is 9.89. The molecule has 3 aromatic carbocycles. The molecule has 0 aliphatic carbocycles. The van der Waals surface area contributed by atoms with Gasteiger partial charge in [-0.05, 0) is 54.3 Å². The molecule has 1 aliphatic rings. The van der Waals surface area contributed by atoms with Crippen LogP contribution in [0.1, 0.15) is 43.3 Å². The summed E-state index contributed by atoms with van der Waals surface area (Å²) >= 11 is 8.11. The number of carboxylic acid groups (broad SMARTS) is 1. The molecule has 1 unspecified atom stereocenters. The van der Waals surface area contributed by atoms with Gasteiger partial charge >= 0.3 is 5.97 Å². The molecule has 5 aromatic rings. The number of nitrogens with zero attached hydrogens (tertiary/aromatic N) is 3. The minimum atomic E-state index is -1.06. The number of hydrogen-bond donors (Lipinski definition) is 1. The van der Waals surface area contributed by atoms with Gasteiger partial charge in [-0.2, -0.15) is 0 Å². The summed E-state index contributed by atoms with van der Waals surface area (Å²) in [6, 6.07) is 26.6. The predicted molar refractivity (Wildman–Crippen MR) is 185 cm³/mol. The number of carboxylic acids is 1. The van der Waals surface area contributed by atoms with Crippen molar-refractivity contribution in [3.05, 3.63) is 113 Å². The summed E-state index contributed by atoms with van der Waals surface area (Å²) in [5, 5.41) is 15.2. The molecule has 0 saturated carbocycles. The number of rotatable bonds is 12. The van der Waals surface area contributed by atoms with E-state index in [4.69, 9.17) is 26.3 Å². The Bertz CT molecular complexity index is 1870.